The molecule has 10 nitrogen and oxygen atoms in total. The second-order valence-corrected chi connectivity index (χ2v) is 15.8. The van der Waals surface area contributed by atoms with Crippen LogP contribution in [0, 0.1) is 0 Å². The number of nitrogens with zero attached hydrogens (tertiary/aromatic N) is 2. The minimum Gasteiger partial charge on any atom is -0.334 e. The van der Waals surface area contributed by atoms with Crippen molar-refractivity contribution in [1.29, 1.82) is 0 Å². The highest BCUT2D eigenvalue weighted by Gasteiger charge is 2.15. The monoisotopic (exact) mass is 735 g/mol. The molecular formula is C37H80N6O4P2. The van der Waals surface area contributed by atoms with Gasteiger partial charge in [0.1, 0.15) is 0 Å². The fourth-order valence-corrected chi connectivity index (χ4v) is 7.87. The van der Waals surface area contributed by atoms with Crippen molar-refractivity contribution >= 4 is 16.8 Å². The lowest BCUT2D eigenvalue weighted by Crippen LogP contribution is -2.33. The predicted octanol–water partition coefficient (Wildman–Crippen LogP) is 7.12. The zero-order valence-electron chi connectivity index (χ0n) is 32.0. The molecule has 0 saturated heterocycles. The van der Waals surface area contributed by atoms with Gasteiger partial charge in [-0.1, -0.05) is 76.7 Å². The number of nitrogens with two attached hydrogens (primary N) is 4. The zero-order valence-corrected chi connectivity index (χ0v) is 33.7. The van der Waals surface area contributed by atoms with Crippen LogP contribution in [0.4, 0.5) is 0 Å². The minimum absolute atomic E-state index is 0.656. The summed E-state index contributed by atoms with van der Waals surface area (Å²) >= 11 is 0. The van der Waals surface area contributed by atoms with Crippen molar-refractivity contribution in [1.82, 2.24) is 9.80 Å². The fourth-order valence-electron chi connectivity index (χ4n) is 5.03. The van der Waals surface area contributed by atoms with E-state index in [1.807, 2.05) is 0 Å². The third kappa shape index (κ3) is 34.8. The number of hydrogen-bond donors (Lipinski definition) is 4. The Hall–Kier alpha value is -0.0600. The second-order valence-electron chi connectivity index (χ2n) is 12.6. The van der Waals surface area contributed by atoms with Crippen molar-refractivity contribution in [2.45, 2.75) is 110 Å². The average molecular weight is 735 g/mol. The maximum atomic E-state index is 6.35. The van der Waals surface area contributed by atoms with Gasteiger partial charge in [-0.25, -0.2) is 0 Å². The molecule has 2 unspecified atom stereocenters. The van der Waals surface area contributed by atoms with Crippen molar-refractivity contribution in [2.75, 3.05) is 104 Å². The van der Waals surface area contributed by atoms with E-state index in [1.165, 1.54) is 25.7 Å². The van der Waals surface area contributed by atoms with Crippen LogP contribution in [0.25, 0.3) is 0 Å². The van der Waals surface area contributed by atoms with E-state index in [0.29, 0.717) is 39.4 Å². The van der Waals surface area contributed by atoms with Gasteiger partial charge in [0.25, 0.3) is 0 Å². The molecule has 12 heteroatoms. The molecule has 0 radical (unpaired) electrons. The molecule has 0 aliphatic heterocycles. The Morgan fingerprint density at radius 2 is 0.796 bits per heavy atom. The average Bonchev–Trinajstić information content (AvgIpc) is 3.11. The molecule has 0 aromatic rings. The number of allylic oxidation sites excluding steroid dienone is 2. The third-order valence-electron chi connectivity index (χ3n) is 8.01. The molecular weight excluding hydrogens is 654 g/mol. The molecule has 0 spiro atoms. The molecule has 0 rings (SSSR count). The van der Waals surface area contributed by atoms with Crippen molar-refractivity contribution in [2.24, 2.45) is 22.9 Å². The number of rotatable bonds is 40. The summed E-state index contributed by atoms with van der Waals surface area (Å²) in [7, 11) is -1.84. The van der Waals surface area contributed by atoms with Gasteiger partial charge >= 0.3 is 0 Å². The molecule has 2 atom stereocenters. The van der Waals surface area contributed by atoms with E-state index in [-0.39, 0.29) is 0 Å². The lowest BCUT2D eigenvalue weighted by molar-refractivity contribution is 0.230. The van der Waals surface area contributed by atoms with Gasteiger partial charge in [-0.15, -0.1) is 0 Å². The summed E-state index contributed by atoms with van der Waals surface area (Å²) in [6.07, 6.45) is 27.3. The van der Waals surface area contributed by atoms with Crippen LogP contribution in [0.15, 0.2) is 24.3 Å². The Bertz CT molecular complexity index is 706. The Kier molecular flexibility index (Phi) is 40.7. The van der Waals surface area contributed by atoms with Crippen LogP contribution in [0.1, 0.15) is 110 Å². The Balaban J connectivity index is 4.66. The largest absolute Gasteiger partial charge is 0.334 e. The van der Waals surface area contributed by atoms with Gasteiger partial charge < -0.3 is 50.8 Å². The van der Waals surface area contributed by atoms with Crippen LogP contribution < -0.4 is 22.9 Å². The molecule has 0 aliphatic rings. The van der Waals surface area contributed by atoms with E-state index in [0.717, 1.165) is 135 Å². The normalized spacial score (nSPS) is 13.6. The lowest BCUT2D eigenvalue weighted by atomic mass is 10.2. The summed E-state index contributed by atoms with van der Waals surface area (Å²) in [5.74, 6) is 0. The first-order valence-corrected chi connectivity index (χ1v) is 22.5. The highest BCUT2D eigenvalue weighted by Crippen LogP contribution is 2.39. The highest BCUT2D eigenvalue weighted by atomic mass is 31.2. The summed E-state index contributed by atoms with van der Waals surface area (Å²) in [6, 6.07) is 0. The molecule has 0 aromatic heterocycles. The third-order valence-corrected chi connectivity index (χ3v) is 11.0. The standard InChI is InChI=1S/C37H80N6O4P2/c1-3-5-7-9-11-15-32-44-48(36-30-42(26-19-22-38)27-20-23-39)46-34-17-13-14-18-35-47-49(45-33-16-12-10-8-6-4-2)37-31-43(29-25-41)28-21-24-40/h9-12H,3-8,13-41H2,1-2H3/b11-9-,12-10-. The number of hydrogen-bond acceptors (Lipinski definition) is 10. The molecule has 0 fully saturated rings. The van der Waals surface area contributed by atoms with E-state index in [4.69, 9.17) is 41.0 Å². The van der Waals surface area contributed by atoms with Gasteiger partial charge in [-0.05, 0) is 97.1 Å². The zero-order chi connectivity index (χ0) is 35.9. The molecule has 292 valence electrons. The van der Waals surface area contributed by atoms with Gasteiger partial charge in [0.05, 0.1) is 26.4 Å². The molecule has 0 saturated carbocycles. The van der Waals surface area contributed by atoms with E-state index in [9.17, 15) is 0 Å². The first-order chi connectivity index (χ1) is 24.1. The predicted molar refractivity (Wildman–Crippen MR) is 215 cm³/mol. The maximum Gasteiger partial charge on any atom is 0.171 e. The van der Waals surface area contributed by atoms with Crippen LogP contribution in [-0.2, 0) is 18.1 Å². The Morgan fingerprint density at radius 1 is 0.408 bits per heavy atom. The van der Waals surface area contributed by atoms with Gasteiger partial charge in [-0.3, -0.25) is 0 Å². The summed E-state index contributed by atoms with van der Waals surface area (Å²) in [5.41, 5.74) is 23.2. The Morgan fingerprint density at radius 3 is 1.18 bits per heavy atom. The highest BCUT2D eigenvalue weighted by molar-refractivity contribution is 7.47. The van der Waals surface area contributed by atoms with Gasteiger partial charge in [0.15, 0.2) is 16.8 Å². The van der Waals surface area contributed by atoms with E-state index in [1.54, 1.807) is 0 Å². The Labute approximate surface area is 305 Å². The summed E-state index contributed by atoms with van der Waals surface area (Å²) in [5, 5.41) is 0. The second kappa shape index (κ2) is 40.7. The first kappa shape index (κ1) is 48.9. The van der Waals surface area contributed by atoms with Gasteiger partial charge in [0.2, 0.25) is 0 Å². The van der Waals surface area contributed by atoms with Crippen LogP contribution in [0.3, 0.4) is 0 Å². The maximum absolute atomic E-state index is 6.35. The van der Waals surface area contributed by atoms with E-state index in [2.05, 4.69) is 48.0 Å². The van der Waals surface area contributed by atoms with E-state index >= 15 is 0 Å². The van der Waals surface area contributed by atoms with Crippen molar-refractivity contribution in [3.63, 3.8) is 0 Å². The van der Waals surface area contributed by atoms with E-state index < -0.39 is 16.8 Å². The van der Waals surface area contributed by atoms with Crippen LogP contribution in [0.2, 0.25) is 0 Å². The summed E-state index contributed by atoms with van der Waals surface area (Å²) < 4.78 is 25.2. The van der Waals surface area contributed by atoms with Crippen molar-refractivity contribution in [3.05, 3.63) is 24.3 Å². The molecule has 0 aliphatic carbocycles. The molecule has 0 aromatic carbocycles. The molecule has 49 heavy (non-hydrogen) atoms. The number of unbranched alkanes of at least 4 members (excludes halogenated alkanes) is 7. The van der Waals surface area contributed by atoms with Crippen molar-refractivity contribution in [3.8, 4) is 0 Å². The quantitative estimate of drug-likeness (QED) is 0.0292. The smallest absolute Gasteiger partial charge is 0.171 e. The lowest BCUT2D eigenvalue weighted by Gasteiger charge is -2.25. The summed E-state index contributed by atoms with van der Waals surface area (Å²) in [4.78, 5) is 4.85. The summed E-state index contributed by atoms with van der Waals surface area (Å²) in [6.45, 7) is 15.9. The molecule has 8 N–H and O–H groups in total. The fraction of sp³-hybridized carbons (Fsp3) is 0.892. The minimum atomic E-state index is -0.922. The molecule has 0 bridgehead atoms. The van der Waals surface area contributed by atoms with Crippen molar-refractivity contribution < 1.29 is 18.1 Å². The topological polar surface area (TPSA) is 147 Å². The molecule has 0 heterocycles. The first-order valence-electron chi connectivity index (χ1n) is 19.8. The van der Waals surface area contributed by atoms with Gasteiger partial charge in [-0.2, -0.15) is 0 Å². The molecule has 0 amide bonds. The SMILES string of the molecule is CCCC/C=C\CCOP(CCN(CCN)CCCN)OCCCCCCOP(CCN(CCCN)CCCN)OCC/C=C\CCCC. The van der Waals surface area contributed by atoms with Crippen LogP contribution in [-0.4, -0.2) is 114 Å². The van der Waals surface area contributed by atoms with Crippen LogP contribution in [0.5, 0.6) is 0 Å². The van der Waals surface area contributed by atoms with Crippen LogP contribution >= 0.6 is 16.8 Å². The van der Waals surface area contributed by atoms with Gasteiger partial charge in [0, 0.05) is 38.5 Å².